The van der Waals surface area contributed by atoms with Crippen LogP contribution in [0, 0.1) is 0 Å². The first-order valence-electron chi connectivity index (χ1n) is 13.2. The van der Waals surface area contributed by atoms with E-state index < -0.39 is 26.7 Å². The summed E-state index contributed by atoms with van der Waals surface area (Å²) in [4.78, 5) is 31.0. The van der Waals surface area contributed by atoms with Gasteiger partial charge < -0.3 is 29.2 Å². The zero-order valence-corrected chi connectivity index (χ0v) is 27.2. The average Bonchev–Trinajstić information content (AvgIpc) is 3.25. The molecule has 0 aromatic heterocycles. The number of ether oxygens (including phenoxy) is 2. The minimum absolute atomic E-state index is 0.0315. The number of methoxy groups -OCH3 is 1. The highest BCUT2D eigenvalue weighted by Gasteiger charge is 2.50. The number of carbonyl (C=O) groups excluding carboxylic acids is 2. The van der Waals surface area contributed by atoms with Crippen molar-refractivity contribution in [3.63, 3.8) is 0 Å². The number of anilines is 2. The maximum Gasteiger partial charge on any atom is 0.416 e. The summed E-state index contributed by atoms with van der Waals surface area (Å²) in [5.41, 5.74) is 3.24. The number of amides is 2. The van der Waals surface area contributed by atoms with Gasteiger partial charge in [-0.2, -0.15) is 0 Å². The zero-order valence-electron chi connectivity index (χ0n) is 24.1. The van der Waals surface area contributed by atoms with Crippen molar-refractivity contribution in [2.24, 2.45) is 0 Å². The van der Waals surface area contributed by atoms with Crippen LogP contribution in [0.2, 0.25) is 18.1 Å². The number of benzene rings is 2. The van der Waals surface area contributed by atoms with Crippen molar-refractivity contribution in [1.82, 2.24) is 4.90 Å². The normalized spacial score (nSPS) is 19.0. The molecule has 2 aromatic rings. The van der Waals surface area contributed by atoms with Crippen molar-refractivity contribution in [3.05, 3.63) is 59.3 Å². The Balaban J connectivity index is 1.79. The van der Waals surface area contributed by atoms with E-state index in [-0.39, 0.29) is 40.3 Å². The Bertz CT molecular complexity index is 1310. The number of aromatic hydroxyl groups is 1. The average molecular weight is 680 g/mol. The molecule has 0 saturated carbocycles. The summed E-state index contributed by atoms with van der Waals surface area (Å²) in [5.74, 6) is -0.349. The van der Waals surface area contributed by atoms with E-state index in [1.54, 1.807) is 4.90 Å². The molecule has 2 N–H and O–H groups in total. The van der Waals surface area contributed by atoms with Crippen LogP contribution in [0.1, 0.15) is 50.0 Å². The second kappa shape index (κ2) is 11.6. The molecule has 0 bridgehead atoms. The predicted molar refractivity (Wildman–Crippen MR) is 167 cm³/mol. The summed E-state index contributed by atoms with van der Waals surface area (Å²) in [7, 11) is -1.05. The van der Waals surface area contributed by atoms with Gasteiger partial charge in [-0.25, -0.2) is 9.69 Å². The van der Waals surface area contributed by atoms with Gasteiger partial charge in [-0.15, -0.1) is 0 Å². The molecule has 2 aliphatic heterocycles. The van der Waals surface area contributed by atoms with E-state index in [1.165, 1.54) is 24.1 Å². The van der Waals surface area contributed by atoms with Crippen molar-refractivity contribution in [2.75, 3.05) is 21.9 Å². The first kappa shape index (κ1) is 30.2. The molecule has 2 aliphatic rings. The molecule has 0 radical (unpaired) electrons. The molecule has 2 heterocycles. The van der Waals surface area contributed by atoms with Crippen molar-refractivity contribution in [3.8, 4) is 11.5 Å². The Morgan fingerprint density at radius 3 is 2.48 bits per heavy atom. The Labute approximate surface area is 250 Å². The molecule has 0 spiro atoms. The number of nitrogens with one attached hydrogen (secondary N) is 1. The first-order valence-corrected chi connectivity index (χ1v) is 17.6. The highest BCUT2D eigenvalue weighted by atomic mass is 127. The van der Waals surface area contributed by atoms with Gasteiger partial charge in [-0.1, -0.05) is 61.1 Å². The van der Waals surface area contributed by atoms with Gasteiger partial charge in [0.05, 0.1) is 29.0 Å². The summed E-state index contributed by atoms with van der Waals surface area (Å²) in [6.07, 6.45) is 0.855. The fourth-order valence-corrected chi connectivity index (χ4v) is 6.28. The molecule has 9 nitrogen and oxygen atoms in total. The third-order valence-electron chi connectivity index (χ3n) is 7.86. The molecule has 2 atom stereocenters. The zero-order chi connectivity index (χ0) is 29.4. The van der Waals surface area contributed by atoms with Crippen LogP contribution in [0.5, 0.6) is 11.5 Å². The molecule has 40 heavy (non-hydrogen) atoms. The summed E-state index contributed by atoms with van der Waals surface area (Å²) in [6.45, 7) is 12.6. The lowest BCUT2D eigenvalue weighted by atomic mass is 10.1. The first-order chi connectivity index (χ1) is 18.8. The smallest absolute Gasteiger partial charge is 0.416 e. The van der Waals surface area contributed by atoms with Crippen LogP contribution in [-0.2, 0) is 15.8 Å². The van der Waals surface area contributed by atoms with Crippen LogP contribution in [0.4, 0.5) is 16.2 Å². The summed E-state index contributed by atoms with van der Waals surface area (Å²) in [5, 5.41) is 13.8. The van der Waals surface area contributed by atoms with Gasteiger partial charge in [-0.05, 0) is 55.2 Å². The Kier molecular flexibility index (Phi) is 8.76. The molecular formula is C29H38IN3O6Si. The van der Waals surface area contributed by atoms with Gasteiger partial charge in [0.25, 0.3) is 5.91 Å². The van der Waals surface area contributed by atoms with E-state index in [0.717, 1.165) is 21.4 Å². The Morgan fingerprint density at radius 2 is 1.88 bits per heavy atom. The van der Waals surface area contributed by atoms with Gasteiger partial charge >= 0.3 is 6.09 Å². The number of carbonyl (C=O) groups is 2. The van der Waals surface area contributed by atoms with Crippen LogP contribution in [0.15, 0.2) is 48.2 Å². The minimum atomic E-state index is -2.47. The number of phenols is 1. The number of alkyl halides is 1. The SMILES string of the molecule is COc1cc2c(cc1O)N(C(=O)OCc1ccc(NCI)cc1)[C@@H](O[Si](C)(C)C(C)(C)C)[C@@H]1CC(C)=CN1C2=O. The van der Waals surface area contributed by atoms with Crippen molar-refractivity contribution >= 4 is 54.3 Å². The van der Waals surface area contributed by atoms with Crippen LogP contribution in [0.3, 0.4) is 0 Å². The van der Waals surface area contributed by atoms with E-state index in [0.29, 0.717) is 6.42 Å². The predicted octanol–water partition coefficient (Wildman–Crippen LogP) is 6.83. The van der Waals surface area contributed by atoms with Gasteiger partial charge in [0.15, 0.2) is 26.0 Å². The van der Waals surface area contributed by atoms with E-state index in [1.807, 2.05) is 37.4 Å². The second-order valence-electron chi connectivity index (χ2n) is 11.7. The highest BCUT2D eigenvalue weighted by molar-refractivity contribution is 14.1. The molecule has 11 heteroatoms. The van der Waals surface area contributed by atoms with E-state index in [9.17, 15) is 14.7 Å². The van der Waals surface area contributed by atoms with Gasteiger partial charge in [0, 0.05) is 18.0 Å². The number of phenolic OH excluding ortho intramolecular Hbond substituents is 1. The van der Waals surface area contributed by atoms with Crippen molar-refractivity contribution in [1.29, 1.82) is 0 Å². The number of rotatable bonds is 7. The maximum atomic E-state index is 14.0. The van der Waals surface area contributed by atoms with Crippen LogP contribution >= 0.6 is 22.6 Å². The number of hydrogen-bond acceptors (Lipinski definition) is 7. The number of halogens is 1. The summed E-state index contributed by atoms with van der Waals surface area (Å²) < 4.78 is 18.9. The lowest BCUT2D eigenvalue weighted by Gasteiger charge is -2.44. The van der Waals surface area contributed by atoms with Gasteiger partial charge in [-0.3, -0.25) is 4.79 Å². The van der Waals surface area contributed by atoms with E-state index >= 15 is 0 Å². The summed E-state index contributed by atoms with van der Waals surface area (Å²) in [6, 6.07) is 10.1. The molecule has 0 saturated heterocycles. The molecule has 0 aliphatic carbocycles. The number of fused-ring (bicyclic) bond motifs is 2. The maximum absolute atomic E-state index is 14.0. The standard InChI is InChI=1S/C29H38IN3O6Si/c1-18-12-23-27(39-40(6,7)29(2,3)4)33(28(36)38-16-19-8-10-20(11-9-19)31-17-30)22-14-24(34)25(37-5)13-21(22)26(35)32(23)15-18/h8-11,13-15,23,27,31,34H,12,16-17H2,1-7H3/t23-,27-/m0/s1. The largest absolute Gasteiger partial charge is 0.504 e. The fourth-order valence-electron chi connectivity index (χ4n) is 4.62. The lowest BCUT2D eigenvalue weighted by molar-refractivity contribution is 0.0578. The Hall–Kier alpha value is -2.77. The molecule has 0 fully saturated rings. The van der Waals surface area contributed by atoms with Crippen molar-refractivity contribution in [2.45, 2.75) is 71.1 Å². The lowest BCUT2D eigenvalue weighted by Crippen LogP contribution is -2.57. The second-order valence-corrected chi connectivity index (χ2v) is 17.2. The molecule has 2 aromatic carbocycles. The molecule has 2 amide bonds. The molecule has 4 rings (SSSR count). The third kappa shape index (κ3) is 5.96. The van der Waals surface area contributed by atoms with Crippen molar-refractivity contribution < 1.29 is 28.6 Å². The van der Waals surface area contributed by atoms with Gasteiger partial charge in [0.1, 0.15) is 6.61 Å². The van der Waals surface area contributed by atoms with Crippen LogP contribution in [-0.4, -0.2) is 54.3 Å². The molecule has 216 valence electrons. The van der Waals surface area contributed by atoms with Crippen LogP contribution < -0.4 is 15.0 Å². The minimum Gasteiger partial charge on any atom is -0.504 e. The van der Waals surface area contributed by atoms with Crippen LogP contribution in [0.25, 0.3) is 0 Å². The fraction of sp³-hybridized carbons (Fsp3) is 0.448. The Morgan fingerprint density at radius 1 is 1.20 bits per heavy atom. The summed E-state index contributed by atoms with van der Waals surface area (Å²) >= 11 is 2.24. The highest BCUT2D eigenvalue weighted by Crippen LogP contribution is 2.45. The van der Waals surface area contributed by atoms with E-state index in [2.05, 4.69) is 61.8 Å². The van der Waals surface area contributed by atoms with E-state index in [4.69, 9.17) is 13.9 Å². The molecular weight excluding hydrogens is 641 g/mol. The van der Waals surface area contributed by atoms with Gasteiger partial charge in [0.2, 0.25) is 0 Å². The third-order valence-corrected chi connectivity index (χ3v) is 12.7. The number of nitrogens with zero attached hydrogens (tertiary/aromatic N) is 2. The molecule has 0 unspecified atom stereocenters. The quantitative estimate of drug-likeness (QED) is 0.143. The topological polar surface area (TPSA) is 101 Å². The monoisotopic (exact) mass is 679 g/mol. The number of hydrogen-bond donors (Lipinski definition) is 2.